The Morgan fingerprint density at radius 3 is 2.69 bits per heavy atom. The molecule has 4 N–H and O–H groups in total. The first-order valence-electron chi connectivity index (χ1n) is 3.47. The van der Waals surface area contributed by atoms with Crippen LogP contribution in [0.5, 0.6) is 0 Å². The van der Waals surface area contributed by atoms with Gasteiger partial charge in [-0.2, -0.15) is 0 Å². The van der Waals surface area contributed by atoms with Gasteiger partial charge in [0.25, 0.3) is 0 Å². The Kier molecular flexibility index (Phi) is 3.18. The van der Waals surface area contributed by atoms with Crippen LogP contribution in [0.3, 0.4) is 0 Å². The number of thiazole rings is 1. The Morgan fingerprint density at radius 2 is 2.31 bits per heavy atom. The van der Waals surface area contributed by atoms with Crippen LogP contribution in [0.25, 0.3) is 0 Å². The Bertz CT molecular complexity index is 402. The summed E-state index contributed by atoms with van der Waals surface area (Å²) >= 11 is 11.2. The zero-order valence-electron chi connectivity index (χ0n) is 6.82. The minimum Gasteiger partial charge on any atom is -0.389 e. The molecule has 1 rings (SSSR count). The van der Waals surface area contributed by atoms with Crippen LogP contribution < -0.4 is 11.5 Å². The monoisotopic (exact) mass is 231 g/mol. The molecule has 13 heavy (non-hydrogen) atoms. The first-order chi connectivity index (χ1) is 6.07. The summed E-state index contributed by atoms with van der Waals surface area (Å²) in [6.07, 6.45) is 1.72. The van der Waals surface area contributed by atoms with Crippen molar-refractivity contribution in [1.82, 2.24) is 4.57 Å². The summed E-state index contributed by atoms with van der Waals surface area (Å²) in [7, 11) is 0. The molecular formula is C7H9N3S3. The van der Waals surface area contributed by atoms with E-state index in [0.29, 0.717) is 21.2 Å². The molecule has 0 unspecified atom stereocenters. The first-order valence-corrected chi connectivity index (χ1v) is 5.11. The van der Waals surface area contributed by atoms with Crippen molar-refractivity contribution in [2.75, 3.05) is 5.73 Å². The van der Waals surface area contributed by atoms with Crippen LogP contribution in [0.2, 0.25) is 0 Å². The summed E-state index contributed by atoms with van der Waals surface area (Å²) in [5.74, 6) is 0.530. The molecule has 1 heterocycles. The molecule has 0 bridgehead atoms. The average molecular weight is 231 g/mol. The Hall–Kier alpha value is -0.720. The van der Waals surface area contributed by atoms with Crippen LogP contribution in [0, 0.1) is 3.95 Å². The van der Waals surface area contributed by atoms with E-state index in [-0.39, 0.29) is 4.99 Å². The van der Waals surface area contributed by atoms with Gasteiger partial charge in [0.2, 0.25) is 0 Å². The minimum absolute atomic E-state index is 0.288. The first kappa shape index (κ1) is 10.4. The van der Waals surface area contributed by atoms with Crippen LogP contribution in [0.4, 0.5) is 5.82 Å². The van der Waals surface area contributed by atoms with Crippen LogP contribution >= 0.6 is 35.8 Å². The zero-order valence-corrected chi connectivity index (χ0v) is 9.27. The van der Waals surface area contributed by atoms with Gasteiger partial charge in [0.1, 0.15) is 15.7 Å². The van der Waals surface area contributed by atoms with E-state index in [2.05, 4.69) is 6.58 Å². The van der Waals surface area contributed by atoms with Gasteiger partial charge in [0.05, 0.1) is 0 Å². The number of anilines is 1. The summed E-state index contributed by atoms with van der Waals surface area (Å²) in [5.41, 5.74) is 11.3. The van der Waals surface area contributed by atoms with Gasteiger partial charge in [0, 0.05) is 6.54 Å². The maximum absolute atomic E-state index is 5.78. The molecular weight excluding hydrogens is 222 g/mol. The molecule has 70 valence electrons. The minimum atomic E-state index is 0.288. The van der Waals surface area contributed by atoms with Crippen molar-refractivity contribution in [3.63, 3.8) is 0 Å². The highest BCUT2D eigenvalue weighted by molar-refractivity contribution is 7.81. The molecule has 0 atom stereocenters. The van der Waals surface area contributed by atoms with Crippen LogP contribution in [0.15, 0.2) is 12.7 Å². The van der Waals surface area contributed by atoms with E-state index in [9.17, 15) is 0 Å². The van der Waals surface area contributed by atoms with Gasteiger partial charge >= 0.3 is 0 Å². The summed E-state index contributed by atoms with van der Waals surface area (Å²) in [5, 5.41) is 0. The van der Waals surface area contributed by atoms with Crippen LogP contribution in [0.1, 0.15) is 4.88 Å². The topological polar surface area (TPSA) is 57.0 Å². The average Bonchev–Trinajstić information content (AvgIpc) is 2.32. The summed E-state index contributed by atoms with van der Waals surface area (Å²) in [6, 6.07) is 0. The molecule has 3 nitrogen and oxygen atoms in total. The van der Waals surface area contributed by atoms with Crippen molar-refractivity contribution in [2.45, 2.75) is 6.54 Å². The summed E-state index contributed by atoms with van der Waals surface area (Å²) in [4.78, 5) is 0.971. The summed E-state index contributed by atoms with van der Waals surface area (Å²) in [6.45, 7) is 4.20. The lowest BCUT2D eigenvalue weighted by Crippen LogP contribution is -2.11. The number of allylic oxidation sites excluding steroid dienone is 1. The smallest absolute Gasteiger partial charge is 0.163 e. The molecule has 6 heteroatoms. The third-order valence-corrected chi connectivity index (χ3v) is 3.30. The Balaban J connectivity index is 3.30. The molecule has 0 spiro atoms. The SMILES string of the molecule is C=CCn1c(N)c(C(N)=S)sc1=S. The van der Waals surface area contributed by atoms with E-state index in [4.69, 9.17) is 35.9 Å². The van der Waals surface area contributed by atoms with E-state index in [1.54, 1.807) is 10.6 Å². The number of thiocarbonyl (C=S) groups is 1. The summed E-state index contributed by atoms with van der Waals surface area (Å²) < 4.78 is 2.42. The number of aromatic nitrogens is 1. The molecule has 0 radical (unpaired) electrons. The quantitative estimate of drug-likeness (QED) is 0.614. The van der Waals surface area contributed by atoms with E-state index in [1.165, 1.54) is 11.3 Å². The van der Waals surface area contributed by atoms with Crippen molar-refractivity contribution in [3.8, 4) is 0 Å². The molecule has 0 aromatic carbocycles. The second kappa shape index (κ2) is 3.99. The number of hydrogen-bond donors (Lipinski definition) is 2. The van der Waals surface area contributed by atoms with Gasteiger partial charge in [0.15, 0.2) is 3.95 Å². The molecule has 0 aliphatic heterocycles. The molecule has 1 aromatic heterocycles. The van der Waals surface area contributed by atoms with Gasteiger partial charge in [-0.25, -0.2) is 0 Å². The molecule has 0 aliphatic rings. The highest BCUT2D eigenvalue weighted by Gasteiger charge is 2.10. The number of rotatable bonds is 3. The molecule has 0 saturated carbocycles. The van der Waals surface area contributed by atoms with Gasteiger partial charge in [-0.15, -0.1) is 17.9 Å². The number of nitrogen functional groups attached to an aromatic ring is 1. The molecule has 0 amide bonds. The molecule has 0 saturated heterocycles. The Labute approximate surface area is 90.7 Å². The van der Waals surface area contributed by atoms with Crippen molar-refractivity contribution < 1.29 is 0 Å². The molecule has 0 fully saturated rings. The number of hydrogen-bond acceptors (Lipinski definition) is 4. The maximum atomic E-state index is 5.78. The van der Waals surface area contributed by atoms with Crippen LogP contribution in [-0.2, 0) is 6.54 Å². The Morgan fingerprint density at radius 1 is 1.69 bits per heavy atom. The van der Waals surface area contributed by atoms with Crippen molar-refractivity contribution in [1.29, 1.82) is 0 Å². The van der Waals surface area contributed by atoms with Crippen molar-refractivity contribution in [2.24, 2.45) is 5.73 Å². The predicted octanol–water partition coefficient (Wildman–Crippen LogP) is 1.68. The number of nitrogens with two attached hydrogens (primary N) is 2. The standard InChI is InChI=1S/C7H9N3S3/c1-2-3-10-5(8)4(6(9)11)13-7(10)12/h2H,1,3,8H2,(H2,9,11). The highest BCUT2D eigenvalue weighted by Crippen LogP contribution is 2.21. The second-order valence-electron chi connectivity index (χ2n) is 2.35. The van der Waals surface area contributed by atoms with Gasteiger partial charge in [-0.3, -0.25) is 0 Å². The second-order valence-corrected chi connectivity index (χ2v) is 4.43. The lowest BCUT2D eigenvalue weighted by atomic mass is 10.5. The molecule has 0 aliphatic carbocycles. The van der Waals surface area contributed by atoms with Crippen LogP contribution in [-0.4, -0.2) is 9.56 Å². The fourth-order valence-corrected chi connectivity index (χ4v) is 2.32. The van der Waals surface area contributed by atoms with Crippen molar-refractivity contribution >= 4 is 46.6 Å². The largest absolute Gasteiger partial charge is 0.389 e. The lowest BCUT2D eigenvalue weighted by molar-refractivity contribution is 0.837. The van der Waals surface area contributed by atoms with E-state index in [0.717, 1.165) is 0 Å². The highest BCUT2D eigenvalue weighted by atomic mass is 32.1. The van der Waals surface area contributed by atoms with E-state index < -0.39 is 0 Å². The fraction of sp³-hybridized carbons (Fsp3) is 0.143. The maximum Gasteiger partial charge on any atom is 0.163 e. The van der Waals surface area contributed by atoms with E-state index >= 15 is 0 Å². The van der Waals surface area contributed by atoms with Gasteiger partial charge < -0.3 is 16.0 Å². The predicted molar refractivity (Wildman–Crippen MR) is 63.6 cm³/mol. The van der Waals surface area contributed by atoms with Gasteiger partial charge in [-0.05, 0) is 12.2 Å². The molecule has 1 aromatic rings. The third-order valence-electron chi connectivity index (χ3n) is 1.47. The van der Waals surface area contributed by atoms with Crippen molar-refractivity contribution in [3.05, 3.63) is 21.5 Å². The van der Waals surface area contributed by atoms with Gasteiger partial charge in [-0.1, -0.05) is 18.3 Å². The third kappa shape index (κ3) is 1.96. The number of nitrogens with zero attached hydrogens (tertiary/aromatic N) is 1. The zero-order chi connectivity index (χ0) is 10.0. The lowest BCUT2D eigenvalue weighted by Gasteiger charge is -2.01. The fourth-order valence-electron chi connectivity index (χ4n) is 0.894. The normalized spacial score (nSPS) is 9.85. The van der Waals surface area contributed by atoms with E-state index in [1.807, 2.05) is 0 Å².